The lowest BCUT2D eigenvalue weighted by atomic mass is 10.1. The summed E-state index contributed by atoms with van der Waals surface area (Å²) in [6.07, 6.45) is 1.68. The van der Waals surface area contributed by atoms with E-state index in [1.807, 2.05) is 30.3 Å². The topological polar surface area (TPSA) is 77.6 Å². The molecule has 3 aromatic heterocycles. The number of nitrogens with two attached hydrogens (primary N) is 1. The van der Waals surface area contributed by atoms with Crippen LogP contribution in [0.25, 0.3) is 33.7 Å². The number of fused-ring (bicyclic) bond motifs is 1. The first-order valence-electron chi connectivity index (χ1n) is 7.32. The standard InChI is InChI=1S/C18H12FN5/c19-12-6-4-11(5-7-12)13-8-9-15-17(22-13)16(24-18(20)23-15)14-3-1-2-10-21-14/h1-10H,(H2,20,23,24). The van der Waals surface area contributed by atoms with Crippen LogP contribution in [0.3, 0.4) is 0 Å². The molecule has 116 valence electrons. The lowest BCUT2D eigenvalue weighted by Gasteiger charge is -2.08. The molecule has 0 fully saturated rings. The van der Waals surface area contributed by atoms with Crippen molar-refractivity contribution in [2.75, 3.05) is 5.73 Å². The summed E-state index contributed by atoms with van der Waals surface area (Å²) in [6.45, 7) is 0. The zero-order chi connectivity index (χ0) is 16.5. The van der Waals surface area contributed by atoms with E-state index in [-0.39, 0.29) is 11.8 Å². The number of aromatic nitrogens is 4. The third-order valence-electron chi connectivity index (χ3n) is 3.61. The van der Waals surface area contributed by atoms with Gasteiger partial charge in [-0.3, -0.25) is 4.98 Å². The maximum absolute atomic E-state index is 13.1. The third kappa shape index (κ3) is 2.54. The highest BCUT2D eigenvalue weighted by atomic mass is 19.1. The van der Waals surface area contributed by atoms with Gasteiger partial charge >= 0.3 is 0 Å². The smallest absolute Gasteiger partial charge is 0.221 e. The molecular formula is C18H12FN5. The van der Waals surface area contributed by atoms with E-state index in [2.05, 4.69) is 19.9 Å². The maximum atomic E-state index is 13.1. The van der Waals surface area contributed by atoms with Crippen molar-refractivity contribution in [1.82, 2.24) is 19.9 Å². The Morgan fingerprint density at radius 3 is 2.38 bits per heavy atom. The van der Waals surface area contributed by atoms with Crippen molar-refractivity contribution in [2.45, 2.75) is 0 Å². The molecule has 6 heteroatoms. The van der Waals surface area contributed by atoms with E-state index in [9.17, 15) is 4.39 Å². The van der Waals surface area contributed by atoms with Crippen LogP contribution >= 0.6 is 0 Å². The number of pyridine rings is 2. The SMILES string of the molecule is Nc1nc(-c2ccccn2)c2nc(-c3ccc(F)cc3)ccc2n1. The first-order chi connectivity index (χ1) is 11.7. The molecule has 5 nitrogen and oxygen atoms in total. The fourth-order valence-electron chi connectivity index (χ4n) is 2.50. The molecular weight excluding hydrogens is 305 g/mol. The second-order valence-electron chi connectivity index (χ2n) is 5.22. The lowest BCUT2D eigenvalue weighted by molar-refractivity contribution is 0.628. The molecule has 0 saturated carbocycles. The second-order valence-corrected chi connectivity index (χ2v) is 5.22. The first-order valence-corrected chi connectivity index (χ1v) is 7.32. The van der Waals surface area contributed by atoms with E-state index in [1.165, 1.54) is 12.1 Å². The van der Waals surface area contributed by atoms with Crippen molar-refractivity contribution in [3.8, 4) is 22.6 Å². The quantitative estimate of drug-likeness (QED) is 0.612. The van der Waals surface area contributed by atoms with Crippen molar-refractivity contribution in [3.63, 3.8) is 0 Å². The van der Waals surface area contributed by atoms with Crippen LogP contribution < -0.4 is 5.73 Å². The zero-order valence-electron chi connectivity index (χ0n) is 12.5. The number of hydrogen-bond donors (Lipinski definition) is 1. The van der Waals surface area contributed by atoms with Crippen molar-refractivity contribution in [1.29, 1.82) is 0 Å². The molecule has 0 radical (unpaired) electrons. The zero-order valence-corrected chi connectivity index (χ0v) is 12.5. The fourth-order valence-corrected chi connectivity index (χ4v) is 2.50. The minimum Gasteiger partial charge on any atom is -0.368 e. The van der Waals surface area contributed by atoms with E-state index < -0.39 is 0 Å². The Hall–Kier alpha value is -3.41. The summed E-state index contributed by atoms with van der Waals surface area (Å²) in [6, 6.07) is 15.4. The predicted molar refractivity (Wildman–Crippen MR) is 90.4 cm³/mol. The minimum absolute atomic E-state index is 0.166. The van der Waals surface area contributed by atoms with Gasteiger partial charge in [0.15, 0.2) is 0 Å². The van der Waals surface area contributed by atoms with E-state index >= 15 is 0 Å². The Kier molecular flexibility index (Phi) is 3.35. The largest absolute Gasteiger partial charge is 0.368 e. The van der Waals surface area contributed by atoms with Crippen LogP contribution in [0.2, 0.25) is 0 Å². The van der Waals surface area contributed by atoms with Gasteiger partial charge in [-0.1, -0.05) is 6.07 Å². The van der Waals surface area contributed by atoms with Gasteiger partial charge < -0.3 is 5.73 Å². The average Bonchev–Trinajstić information content (AvgIpc) is 2.62. The summed E-state index contributed by atoms with van der Waals surface area (Å²) >= 11 is 0. The Morgan fingerprint density at radius 1 is 0.792 bits per heavy atom. The monoisotopic (exact) mass is 317 g/mol. The van der Waals surface area contributed by atoms with Gasteiger partial charge in [0.2, 0.25) is 5.95 Å². The van der Waals surface area contributed by atoms with Crippen LogP contribution in [-0.4, -0.2) is 19.9 Å². The number of nitrogens with zero attached hydrogens (tertiary/aromatic N) is 4. The van der Waals surface area contributed by atoms with Gasteiger partial charge in [-0.2, -0.15) is 0 Å². The number of hydrogen-bond acceptors (Lipinski definition) is 5. The predicted octanol–water partition coefficient (Wildman–Crippen LogP) is 3.48. The van der Waals surface area contributed by atoms with E-state index in [0.717, 1.165) is 5.56 Å². The molecule has 1 aromatic carbocycles. The van der Waals surface area contributed by atoms with Gasteiger partial charge in [-0.05, 0) is 48.5 Å². The molecule has 0 aliphatic heterocycles. The molecule has 0 spiro atoms. The molecule has 24 heavy (non-hydrogen) atoms. The van der Waals surface area contributed by atoms with Gasteiger partial charge in [0.25, 0.3) is 0 Å². The average molecular weight is 317 g/mol. The number of halogens is 1. The molecule has 0 aliphatic carbocycles. The molecule has 0 bridgehead atoms. The van der Waals surface area contributed by atoms with Crippen LogP contribution in [0.15, 0.2) is 60.8 Å². The molecule has 0 saturated heterocycles. The molecule has 0 atom stereocenters. The second kappa shape index (κ2) is 5.66. The summed E-state index contributed by atoms with van der Waals surface area (Å²) in [5.41, 5.74) is 9.79. The van der Waals surface area contributed by atoms with Crippen LogP contribution in [0.4, 0.5) is 10.3 Å². The number of anilines is 1. The van der Waals surface area contributed by atoms with Gasteiger partial charge in [0.05, 0.1) is 16.9 Å². The number of nitrogen functional groups attached to an aromatic ring is 1. The van der Waals surface area contributed by atoms with E-state index in [4.69, 9.17) is 5.73 Å². The van der Waals surface area contributed by atoms with E-state index in [0.29, 0.717) is 28.1 Å². The normalized spacial score (nSPS) is 10.9. The first kappa shape index (κ1) is 14.2. The molecule has 2 N–H and O–H groups in total. The summed E-state index contributed by atoms with van der Waals surface area (Å²) in [5, 5.41) is 0. The van der Waals surface area contributed by atoms with Crippen molar-refractivity contribution < 1.29 is 4.39 Å². The fraction of sp³-hybridized carbons (Fsp3) is 0. The number of benzene rings is 1. The maximum Gasteiger partial charge on any atom is 0.221 e. The Balaban J connectivity index is 1.95. The van der Waals surface area contributed by atoms with Crippen molar-refractivity contribution >= 4 is 17.0 Å². The lowest BCUT2D eigenvalue weighted by Crippen LogP contribution is -2.00. The van der Waals surface area contributed by atoms with Gasteiger partial charge in [-0.25, -0.2) is 19.3 Å². The van der Waals surface area contributed by atoms with Gasteiger partial charge in [0, 0.05) is 11.8 Å². The summed E-state index contributed by atoms with van der Waals surface area (Å²) in [7, 11) is 0. The highest BCUT2D eigenvalue weighted by Gasteiger charge is 2.12. The van der Waals surface area contributed by atoms with Crippen LogP contribution in [0, 0.1) is 5.82 Å². The van der Waals surface area contributed by atoms with Crippen LogP contribution in [0.1, 0.15) is 0 Å². The van der Waals surface area contributed by atoms with Crippen LogP contribution in [0.5, 0.6) is 0 Å². The molecule has 3 heterocycles. The highest BCUT2D eigenvalue weighted by Crippen LogP contribution is 2.27. The molecule has 4 aromatic rings. The molecule has 4 rings (SSSR count). The number of rotatable bonds is 2. The third-order valence-corrected chi connectivity index (χ3v) is 3.61. The summed E-state index contributed by atoms with van der Waals surface area (Å²) < 4.78 is 13.1. The van der Waals surface area contributed by atoms with Crippen molar-refractivity contribution in [2.24, 2.45) is 0 Å². The minimum atomic E-state index is -0.287. The summed E-state index contributed by atoms with van der Waals surface area (Å²) in [5.74, 6) is -0.121. The highest BCUT2D eigenvalue weighted by molar-refractivity contribution is 5.90. The Morgan fingerprint density at radius 2 is 1.62 bits per heavy atom. The van der Waals surface area contributed by atoms with E-state index in [1.54, 1.807) is 18.3 Å². The molecule has 0 unspecified atom stereocenters. The van der Waals surface area contributed by atoms with Gasteiger partial charge in [-0.15, -0.1) is 0 Å². The summed E-state index contributed by atoms with van der Waals surface area (Å²) in [4.78, 5) is 17.5. The molecule has 0 amide bonds. The van der Waals surface area contributed by atoms with Crippen LogP contribution in [-0.2, 0) is 0 Å². The van der Waals surface area contributed by atoms with Gasteiger partial charge in [0.1, 0.15) is 17.0 Å². The Labute approximate surface area is 137 Å². The Bertz CT molecular complexity index is 1020. The van der Waals surface area contributed by atoms with Crippen molar-refractivity contribution in [3.05, 3.63) is 66.6 Å². The molecule has 0 aliphatic rings.